The summed E-state index contributed by atoms with van der Waals surface area (Å²) in [5, 5.41) is 0. The topological polar surface area (TPSA) is 55.6 Å². The average molecular weight is 282 g/mol. The molecular formula is C12H21F3N2O2. The largest absolute Gasteiger partial charge is 0.468 e. The van der Waals surface area contributed by atoms with Crippen LogP contribution in [0.5, 0.6) is 0 Å². The lowest BCUT2D eigenvalue weighted by Crippen LogP contribution is -2.49. The van der Waals surface area contributed by atoms with Crippen molar-refractivity contribution in [1.29, 1.82) is 0 Å². The first kappa shape index (κ1) is 16.2. The highest BCUT2D eigenvalue weighted by Gasteiger charge is 2.46. The number of carbonyl (C=O) groups excluding carboxylic acids is 1. The van der Waals surface area contributed by atoms with E-state index in [1.54, 1.807) is 0 Å². The normalized spacial score (nSPS) is 27.8. The van der Waals surface area contributed by atoms with Crippen molar-refractivity contribution in [3.63, 3.8) is 0 Å². The van der Waals surface area contributed by atoms with E-state index in [1.807, 2.05) is 6.92 Å². The fourth-order valence-corrected chi connectivity index (χ4v) is 2.66. The van der Waals surface area contributed by atoms with Crippen molar-refractivity contribution in [2.75, 3.05) is 20.2 Å². The molecule has 0 aromatic rings. The van der Waals surface area contributed by atoms with Gasteiger partial charge in [0.05, 0.1) is 13.7 Å². The molecule has 2 N–H and O–H groups in total. The molecule has 0 saturated heterocycles. The first-order chi connectivity index (χ1) is 8.72. The first-order valence-corrected chi connectivity index (χ1v) is 6.40. The third kappa shape index (κ3) is 4.35. The smallest absolute Gasteiger partial charge is 0.401 e. The third-order valence-electron chi connectivity index (χ3n) is 3.53. The van der Waals surface area contributed by atoms with Crippen LogP contribution in [0, 0.1) is 0 Å². The first-order valence-electron chi connectivity index (χ1n) is 6.40. The summed E-state index contributed by atoms with van der Waals surface area (Å²) in [4.78, 5) is 12.9. The van der Waals surface area contributed by atoms with Gasteiger partial charge in [0.1, 0.15) is 5.54 Å². The molecule has 1 rings (SSSR count). The van der Waals surface area contributed by atoms with Gasteiger partial charge in [0.15, 0.2) is 0 Å². The predicted molar refractivity (Wildman–Crippen MR) is 64.5 cm³/mol. The molecule has 1 aliphatic carbocycles. The number of carbonyl (C=O) groups is 1. The number of halogens is 3. The molecule has 0 aromatic heterocycles. The van der Waals surface area contributed by atoms with Gasteiger partial charge in [-0.15, -0.1) is 0 Å². The van der Waals surface area contributed by atoms with Gasteiger partial charge in [-0.25, -0.2) is 0 Å². The van der Waals surface area contributed by atoms with Crippen LogP contribution in [0.2, 0.25) is 0 Å². The number of hydrogen-bond donors (Lipinski definition) is 1. The zero-order valence-electron chi connectivity index (χ0n) is 11.3. The van der Waals surface area contributed by atoms with Crippen LogP contribution in [0.4, 0.5) is 13.2 Å². The van der Waals surface area contributed by atoms with Crippen LogP contribution < -0.4 is 5.73 Å². The maximum atomic E-state index is 12.5. The van der Waals surface area contributed by atoms with Crippen molar-refractivity contribution >= 4 is 5.97 Å². The van der Waals surface area contributed by atoms with Gasteiger partial charge in [0.2, 0.25) is 0 Å². The zero-order valence-corrected chi connectivity index (χ0v) is 11.3. The van der Waals surface area contributed by atoms with E-state index in [0.717, 1.165) is 0 Å². The summed E-state index contributed by atoms with van der Waals surface area (Å²) >= 11 is 0. The second kappa shape index (κ2) is 6.09. The molecule has 7 heteroatoms. The number of alkyl halides is 3. The zero-order chi connectivity index (χ0) is 14.7. The Morgan fingerprint density at radius 1 is 1.53 bits per heavy atom. The highest BCUT2D eigenvalue weighted by molar-refractivity contribution is 5.81. The Morgan fingerprint density at radius 2 is 2.16 bits per heavy atom. The quantitative estimate of drug-likeness (QED) is 0.780. The van der Waals surface area contributed by atoms with Crippen LogP contribution in [0.15, 0.2) is 0 Å². The minimum absolute atomic E-state index is 0.218. The van der Waals surface area contributed by atoms with Gasteiger partial charge >= 0.3 is 12.1 Å². The highest BCUT2D eigenvalue weighted by Crippen LogP contribution is 2.33. The molecule has 0 radical (unpaired) electrons. The Bertz CT molecular complexity index is 323. The minimum atomic E-state index is -4.24. The standard InChI is InChI=1S/C12H21F3N2O2/c1-3-6-17(8-12(13,14)15)9-4-5-11(16,7-9)10(18)19-2/h9H,3-8,16H2,1-2H3. The van der Waals surface area contributed by atoms with Gasteiger partial charge in [-0.3, -0.25) is 9.69 Å². The molecule has 0 aliphatic heterocycles. The van der Waals surface area contributed by atoms with E-state index in [9.17, 15) is 18.0 Å². The summed E-state index contributed by atoms with van der Waals surface area (Å²) in [5.41, 5.74) is 4.78. The second-order valence-electron chi connectivity index (χ2n) is 5.13. The van der Waals surface area contributed by atoms with Crippen molar-refractivity contribution in [3.05, 3.63) is 0 Å². The Hall–Kier alpha value is -0.820. The van der Waals surface area contributed by atoms with Crippen LogP contribution in [0.3, 0.4) is 0 Å². The van der Waals surface area contributed by atoms with Gasteiger partial charge in [0.25, 0.3) is 0 Å². The number of ether oxygens (including phenoxy) is 1. The van der Waals surface area contributed by atoms with Gasteiger partial charge < -0.3 is 10.5 Å². The molecule has 1 saturated carbocycles. The van der Waals surface area contributed by atoms with E-state index in [1.165, 1.54) is 12.0 Å². The molecule has 0 bridgehead atoms. The van der Waals surface area contributed by atoms with Crippen LogP contribution in [-0.2, 0) is 9.53 Å². The predicted octanol–water partition coefficient (Wildman–Crippen LogP) is 1.68. The van der Waals surface area contributed by atoms with Gasteiger partial charge in [-0.1, -0.05) is 6.92 Å². The Kier molecular flexibility index (Phi) is 5.20. The molecule has 2 atom stereocenters. The summed E-state index contributed by atoms with van der Waals surface area (Å²) in [6, 6.07) is -0.314. The molecule has 19 heavy (non-hydrogen) atoms. The number of rotatable bonds is 5. The Labute approximate surface area is 111 Å². The van der Waals surface area contributed by atoms with Crippen molar-refractivity contribution in [1.82, 2.24) is 4.90 Å². The average Bonchev–Trinajstić information content (AvgIpc) is 2.70. The Balaban J connectivity index is 2.70. The van der Waals surface area contributed by atoms with Crippen molar-refractivity contribution in [2.24, 2.45) is 5.73 Å². The van der Waals surface area contributed by atoms with Crippen molar-refractivity contribution < 1.29 is 22.7 Å². The monoisotopic (exact) mass is 282 g/mol. The molecule has 2 unspecified atom stereocenters. The van der Waals surface area contributed by atoms with E-state index in [-0.39, 0.29) is 12.5 Å². The van der Waals surface area contributed by atoms with E-state index in [0.29, 0.717) is 25.8 Å². The molecule has 112 valence electrons. The highest BCUT2D eigenvalue weighted by atomic mass is 19.4. The fraction of sp³-hybridized carbons (Fsp3) is 0.917. The molecule has 0 spiro atoms. The molecule has 1 aliphatic rings. The van der Waals surface area contributed by atoms with Crippen LogP contribution in [-0.4, -0.2) is 48.8 Å². The maximum absolute atomic E-state index is 12.5. The van der Waals surface area contributed by atoms with Gasteiger partial charge in [-0.05, 0) is 32.2 Å². The lowest BCUT2D eigenvalue weighted by Gasteiger charge is -2.30. The van der Waals surface area contributed by atoms with Crippen LogP contribution in [0.1, 0.15) is 32.6 Å². The van der Waals surface area contributed by atoms with Crippen LogP contribution in [0.25, 0.3) is 0 Å². The Morgan fingerprint density at radius 3 is 2.63 bits per heavy atom. The summed E-state index contributed by atoms with van der Waals surface area (Å²) in [6.45, 7) is 1.22. The van der Waals surface area contributed by atoms with E-state index >= 15 is 0 Å². The maximum Gasteiger partial charge on any atom is 0.401 e. The van der Waals surface area contributed by atoms with E-state index in [2.05, 4.69) is 4.74 Å². The second-order valence-corrected chi connectivity index (χ2v) is 5.13. The number of nitrogens with two attached hydrogens (primary N) is 1. The molecule has 1 fully saturated rings. The van der Waals surface area contributed by atoms with Crippen molar-refractivity contribution in [3.8, 4) is 0 Å². The fourth-order valence-electron chi connectivity index (χ4n) is 2.66. The van der Waals surface area contributed by atoms with Crippen LogP contribution >= 0.6 is 0 Å². The molecule has 0 amide bonds. The summed E-state index contributed by atoms with van der Waals surface area (Å²) in [6.07, 6.45) is -2.54. The van der Waals surface area contributed by atoms with Crippen molar-refractivity contribution in [2.45, 2.75) is 50.4 Å². The lowest BCUT2D eigenvalue weighted by atomic mass is 9.99. The number of hydrogen-bond acceptors (Lipinski definition) is 4. The summed E-state index contributed by atoms with van der Waals surface area (Å²) < 4.78 is 42.2. The van der Waals surface area contributed by atoms with Gasteiger partial charge in [0, 0.05) is 6.04 Å². The summed E-state index contributed by atoms with van der Waals surface area (Å²) in [7, 11) is 1.24. The number of nitrogens with zero attached hydrogens (tertiary/aromatic N) is 1. The SMILES string of the molecule is CCCN(CC(F)(F)F)C1CCC(N)(C(=O)OC)C1. The van der Waals surface area contributed by atoms with Gasteiger partial charge in [-0.2, -0.15) is 13.2 Å². The molecule has 0 aromatic carbocycles. The van der Waals surface area contributed by atoms with E-state index in [4.69, 9.17) is 5.73 Å². The third-order valence-corrected chi connectivity index (χ3v) is 3.53. The number of esters is 1. The van der Waals surface area contributed by atoms with E-state index < -0.39 is 24.2 Å². The minimum Gasteiger partial charge on any atom is -0.468 e. The molecule has 4 nitrogen and oxygen atoms in total. The number of methoxy groups -OCH3 is 1. The molecule has 0 heterocycles. The lowest BCUT2D eigenvalue weighted by molar-refractivity contribution is -0.151. The summed E-state index contributed by atoms with van der Waals surface area (Å²) in [5.74, 6) is -0.543. The molecular weight excluding hydrogens is 261 g/mol.